The average Bonchev–Trinajstić information content (AvgIpc) is 2.56. The van der Waals surface area contributed by atoms with E-state index in [2.05, 4.69) is 9.46 Å². The van der Waals surface area contributed by atoms with Gasteiger partial charge in [-0.2, -0.15) is 0 Å². The van der Waals surface area contributed by atoms with Gasteiger partial charge in [0.15, 0.2) is 17.3 Å². The van der Waals surface area contributed by atoms with Crippen molar-refractivity contribution in [2.24, 2.45) is 0 Å². The van der Waals surface area contributed by atoms with E-state index in [9.17, 15) is 18.0 Å². The zero-order chi connectivity index (χ0) is 17.6. The van der Waals surface area contributed by atoms with Gasteiger partial charge in [-0.05, 0) is 25.5 Å². The number of rotatable bonds is 8. The number of hydrogen-bond donors (Lipinski definition) is 1. The molecule has 8 nitrogen and oxygen atoms in total. The van der Waals surface area contributed by atoms with Gasteiger partial charge in [0.2, 0.25) is 10.0 Å². The van der Waals surface area contributed by atoms with Gasteiger partial charge in [0.25, 0.3) is 0 Å². The SMILES string of the molecule is CC(=O)COC(=O)CCCNS(=O)(=O)c1ccc2c(c1)OCCO2. The van der Waals surface area contributed by atoms with Crippen LogP contribution >= 0.6 is 0 Å². The van der Waals surface area contributed by atoms with Crippen molar-refractivity contribution < 1.29 is 32.2 Å². The highest BCUT2D eigenvalue weighted by Crippen LogP contribution is 2.32. The molecule has 24 heavy (non-hydrogen) atoms. The Morgan fingerprint density at radius 2 is 1.92 bits per heavy atom. The van der Waals surface area contributed by atoms with Crippen LogP contribution in [0.4, 0.5) is 0 Å². The Morgan fingerprint density at radius 1 is 1.21 bits per heavy atom. The average molecular weight is 357 g/mol. The fourth-order valence-corrected chi connectivity index (χ4v) is 3.06. The fraction of sp³-hybridized carbons (Fsp3) is 0.467. The molecule has 0 saturated carbocycles. The van der Waals surface area contributed by atoms with Crippen LogP contribution in [-0.2, 0) is 24.3 Å². The lowest BCUT2D eigenvalue weighted by molar-refractivity contribution is -0.147. The second-order valence-electron chi connectivity index (χ2n) is 5.17. The van der Waals surface area contributed by atoms with Gasteiger partial charge in [0.05, 0.1) is 4.90 Å². The number of hydrogen-bond acceptors (Lipinski definition) is 7. The van der Waals surface area contributed by atoms with E-state index in [1.165, 1.54) is 19.1 Å². The Morgan fingerprint density at radius 3 is 2.62 bits per heavy atom. The van der Waals surface area contributed by atoms with Crippen LogP contribution in [0.25, 0.3) is 0 Å². The summed E-state index contributed by atoms with van der Waals surface area (Å²) in [5.41, 5.74) is 0. The Balaban J connectivity index is 1.83. The van der Waals surface area contributed by atoms with Crippen LogP contribution in [0.3, 0.4) is 0 Å². The van der Waals surface area contributed by atoms with Crippen LogP contribution < -0.4 is 14.2 Å². The molecule has 0 radical (unpaired) electrons. The first-order chi connectivity index (χ1) is 11.4. The lowest BCUT2D eigenvalue weighted by Gasteiger charge is -2.18. The van der Waals surface area contributed by atoms with Gasteiger partial charge in [0, 0.05) is 19.0 Å². The van der Waals surface area contributed by atoms with Gasteiger partial charge in [-0.15, -0.1) is 0 Å². The molecule has 0 fully saturated rings. The highest BCUT2D eigenvalue weighted by molar-refractivity contribution is 7.89. The molecule has 1 aliphatic heterocycles. The minimum Gasteiger partial charge on any atom is -0.486 e. The number of ketones is 1. The Bertz CT molecular complexity index is 715. The maximum Gasteiger partial charge on any atom is 0.306 e. The van der Waals surface area contributed by atoms with E-state index in [0.29, 0.717) is 24.7 Å². The molecule has 0 aliphatic carbocycles. The van der Waals surface area contributed by atoms with E-state index in [-0.39, 0.29) is 36.7 Å². The van der Waals surface area contributed by atoms with Crippen molar-refractivity contribution in [3.63, 3.8) is 0 Å². The van der Waals surface area contributed by atoms with Crippen molar-refractivity contribution in [2.45, 2.75) is 24.7 Å². The maximum absolute atomic E-state index is 12.2. The number of carbonyl (C=O) groups excluding carboxylic acids is 2. The number of Topliss-reactive ketones (excluding diaryl/α,β-unsaturated/α-hetero) is 1. The predicted octanol–water partition coefficient (Wildman–Crippen LogP) is 0.648. The highest BCUT2D eigenvalue weighted by atomic mass is 32.2. The van der Waals surface area contributed by atoms with Gasteiger partial charge in [-0.25, -0.2) is 13.1 Å². The molecular weight excluding hydrogens is 338 g/mol. The maximum atomic E-state index is 12.2. The molecule has 0 spiro atoms. The van der Waals surface area contributed by atoms with E-state index in [1.54, 1.807) is 6.07 Å². The second-order valence-corrected chi connectivity index (χ2v) is 6.94. The zero-order valence-corrected chi connectivity index (χ0v) is 14.1. The number of ether oxygens (including phenoxy) is 3. The number of nitrogens with one attached hydrogen (secondary N) is 1. The number of fused-ring (bicyclic) bond motifs is 1. The molecule has 0 amide bonds. The van der Waals surface area contributed by atoms with Crippen molar-refractivity contribution in [2.75, 3.05) is 26.4 Å². The standard InChI is InChI=1S/C15H19NO7S/c1-11(17)10-23-15(18)3-2-6-16-24(19,20)12-4-5-13-14(9-12)22-8-7-21-13/h4-5,9,16H,2-3,6-8,10H2,1H3. The van der Waals surface area contributed by atoms with Gasteiger partial charge in [-0.1, -0.05) is 0 Å². The first-order valence-electron chi connectivity index (χ1n) is 7.43. The first kappa shape index (κ1) is 18.2. The van der Waals surface area contributed by atoms with E-state index in [1.807, 2.05) is 0 Å². The van der Waals surface area contributed by atoms with E-state index < -0.39 is 16.0 Å². The summed E-state index contributed by atoms with van der Waals surface area (Å²) in [6, 6.07) is 4.37. The topological polar surface area (TPSA) is 108 Å². The summed E-state index contributed by atoms with van der Waals surface area (Å²) >= 11 is 0. The zero-order valence-electron chi connectivity index (χ0n) is 13.2. The molecule has 0 unspecified atom stereocenters. The summed E-state index contributed by atoms with van der Waals surface area (Å²) in [6.45, 7) is 1.92. The molecular formula is C15H19NO7S. The molecule has 1 aromatic carbocycles. The Kier molecular flexibility index (Phi) is 6.16. The molecule has 1 aliphatic rings. The second kappa shape index (κ2) is 8.11. The Hall–Kier alpha value is -2.13. The molecule has 1 N–H and O–H groups in total. The van der Waals surface area contributed by atoms with Crippen molar-refractivity contribution in [3.05, 3.63) is 18.2 Å². The van der Waals surface area contributed by atoms with Crippen LogP contribution in [0.15, 0.2) is 23.1 Å². The van der Waals surface area contributed by atoms with E-state index in [0.717, 1.165) is 0 Å². The molecule has 0 saturated heterocycles. The molecule has 132 valence electrons. The van der Waals surface area contributed by atoms with E-state index in [4.69, 9.17) is 9.47 Å². The lowest BCUT2D eigenvalue weighted by Crippen LogP contribution is -2.26. The third-order valence-electron chi connectivity index (χ3n) is 3.11. The monoisotopic (exact) mass is 357 g/mol. The predicted molar refractivity (Wildman–Crippen MR) is 83.5 cm³/mol. The van der Waals surface area contributed by atoms with Crippen molar-refractivity contribution >= 4 is 21.8 Å². The van der Waals surface area contributed by atoms with Crippen molar-refractivity contribution in [3.8, 4) is 11.5 Å². The normalized spacial score (nSPS) is 13.4. The van der Waals surface area contributed by atoms with Gasteiger partial charge >= 0.3 is 5.97 Å². The van der Waals surface area contributed by atoms with Crippen molar-refractivity contribution in [1.29, 1.82) is 0 Å². The summed E-state index contributed by atoms with van der Waals surface area (Å²) in [4.78, 5) is 22.1. The third-order valence-corrected chi connectivity index (χ3v) is 4.57. The number of esters is 1. The van der Waals surface area contributed by atoms with Crippen LogP contribution in [0, 0.1) is 0 Å². The minimum atomic E-state index is -3.71. The van der Waals surface area contributed by atoms with Gasteiger partial charge in [0.1, 0.15) is 19.8 Å². The lowest BCUT2D eigenvalue weighted by atomic mass is 10.3. The largest absolute Gasteiger partial charge is 0.486 e. The van der Waals surface area contributed by atoms with Crippen LogP contribution in [0.2, 0.25) is 0 Å². The quantitative estimate of drug-likeness (QED) is 0.537. The number of carbonyl (C=O) groups is 2. The highest BCUT2D eigenvalue weighted by Gasteiger charge is 2.19. The molecule has 0 aromatic heterocycles. The summed E-state index contributed by atoms with van der Waals surface area (Å²) in [5, 5.41) is 0. The first-order valence-corrected chi connectivity index (χ1v) is 8.91. The van der Waals surface area contributed by atoms with Crippen molar-refractivity contribution in [1.82, 2.24) is 4.72 Å². The third kappa shape index (κ3) is 5.20. The molecule has 2 rings (SSSR count). The number of benzene rings is 1. The Labute approximate surface area is 140 Å². The summed E-state index contributed by atoms with van der Waals surface area (Å²) in [5.74, 6) is 0.108. The van der Waals surface area contributed by atoms with E-state index >= 15 is 0 Å². The molecule has 1 aromatic rings. The fourth-order valence-electron chi connectivity index (χ4n) is 1.97. The minimum absolute atomic E-state index is 0.0247. The molecule has 9 heteroatoms. The van der Waals surface area contributed by atoms with Gasteiger partial charge in [-0.3, -0.25) is 9.59 Å². The smallest absolute Gasteiger partial charge is 0.306 e. The van der Waals surface area contributed by atoms with Gasteiger partial charge < -0.3 is 14.2 Å². The molecule has 0 atom stereocenters. The van der Waals surface area contributed by atoms with Crippen LogP contribution in [0.5, 0.6) is 11.5 Å². The summed E-state index contributed by atoms with van der Waals surface area (Å²) in [6.07, 6.45) is 0.289. The summed E-state index contributed by atoms with van der Waals surface area (Å²) in [7, 11) is -3.71. The summed E-state index contributed by atoms with van der Waals surface area (Å²) < 4.78 is 42.2. The number of sulfonamides is 1. The molecule has 0 bridgehead atoms. The van der Waals surface area contributed by atoms with Crippen LogP contribution in [0.1, 0.15) is 19.8 Å². The molecule has 1 heterocycles. The van der Waals surface area contributed by atoms with Crippen LogP contribution in [-0.4, -0.2) is 46.5 Å².